The second kappa shape index (κ2) is 5.33. The monoisotopic (exact) mass is 308 g/mol. The van der Waals surface area contributed by atoms with Gasteiger partial charge in [-0.15, -0.1) is 0 Å². The molecule has 0 radical (unpaired) electrons. The summed E-state index contributed by atoms with van der Waals surface area (Å²) in [5, 5.41) is 3.02. The molecule has 2 heterocycles. The number of para-hydroxylation sites is 1. The molecule has 114 valence electrons. The molecule has 0 bridgehead atoms. The first-order valence-corrected chi connectivity index (χ1v) is 9.06. The highest BCUT2D eigenvalue weighted by atomic mass is 32.2. The molecule has 0 saturated carbocycles. The van der Waals surface area contributed by atoms with Crippen molar-refractivity contribution >= 4 is 21.4 Å². The molecule has 1 aromatic carbocycles. The molecular formula is C15H20N2O3S. The molecule has 1 aromatic rings. The van der Waals surface area contributed by atoms with Crippen molar-refractivity contribution in [1.29, 1.82) is 0 Å². The fourth-order valence-electron chi connectivity index (χ4n) is 3.23. The SMILES string of the molecule is CN1C[C@@H](NC(=O)[C@@H]2CCS(=O)(=O)C2)Cc2ccccc21. The van der Waals surface area contributed by atoms with Crippen molar-refractivity contribution in [1.82, 2.24) is 5.32 Å². The van der Waals surface area contributed by atoms with E-state index in [2.05, 4.69) is 22.3 Å². The van der Waals surface area contributed by atoms with Crippen molar-refractivity contribution in [2.24, 2.45) is 5.92 Å². The van der Waals surface area contributed by atoms with Crippen LogP contribution in [0, 0.1) is 5.92 Å². The van der Waals surface area contributed by atoms with Crippen molar-refractivity contribution in [2.75, 3.05) is 30.0 Å². The van der Waals surface area contributed by atoms with Crippen LogP contribution in [0.2, 0.25) is 0 Å². The van der Waals surface area contributed by atoms with Crippen molar-refractivity contribution in [3.63, 3.8) is 0 Å². The lowest BCUT2D eigenvalue weighted by Gasteiger charge is -2.34. The van der Waals surface area contributed by atoms with E-state index < -0.39 is 9.84 Å². The molecule has 0 unspecified atom stereocenters. The third-order valence-electron chi connectivity index (χ3n) is 4.31. The van der Waals surface area contributed by atoms with E-state index in [9.17, 15) is 13.2 Å². The second-order valence-electron chi connectivity index (χ2n) is 6.02. The molecule has 1 saturated heterocycles. The van der Waals surface area contributed by atoms with Gasteiger partial charge in [-0.1, -0.05) is 18.2 Å². The lowest BCUT2D eigenvalue weighted by atomic mass is 9.97. The van der Waals surface area contributed by atoms with E-state index in [-0.39, 0.29) is 29.4 Å². The van der Waals surface area contributed by atoms with E-state index in [1.165, 1.54) is 11.3 Å². The van der Waals surface area contributed by atoms with E-state index >= 15 is 0 Å². The number of hydrogen-bond donors (Lipinski definition) is 1. The number of amides is 1. The number of carbonyl (C=O) groups excluding carboxylic acids is 1. The van der Waals surface area contributed by atoms with Gasteiger partial charge >= 0.3 is 0 Å². The third-order valence-corrected chi connectivity index (χ3v) is 6.08. The Morgan fingerprint density at radius 3 is 2.81 bits per heavy atom. The minimum absolute atomic E-state index is 0.00200. The van der Waals surface area contributed by atoms with E-state index in [0.29, 0.717) is 6.42 Å². The Kier molecular flexibility index (Phi) is 3.65. The minimum atomic E-state index is -3.01. The summed E-state index contributed by atoms with van der Waals surface area (Å²) < 4.78 is 22.9. The molecule has 0 aromatic heterocycles. The van der Waals surface area contributed by atoms with Gasteiger partial charge in [0.05, 0.1) is 23.5 Å². The average molecular weight is 308 g/mol. The first-order valence-electron chi connectivity index (χ1n) is 7.24. The van der Waals surface area contributed by atoms with E-state index in [1.807, 2.05) is 19.2 Å². The average Bonchev–Trinajstić information content (AvgIpc) is 2.79. The van der Waals surface area contributed by atoms with E-state index in [1.54, 1.807) is 0 Å². The molecule has 21 heavy (non-hydrogen) atoms. The predicted molar refractivity (Wildman–Crippen MR) is 82.1 cm³/mol. The molecule has 1 N–H and O–H groups in total. The Labute approximate surface area is 125 Å². The summed E-state index contributed by atoms with van der Waals surface area (Å²) in [5.41, 5.74) is 2.42. The number of fused-ring (bicyclic) bond motifs is 1. The molecule has 1 fully saturated rings. The van der Waals surface area contributed by atoms with Crippen molar-refractivity contribution in [3.8, 4) is 0 Å². The number of rotatable bonds is 2. The molecule has 0 aliphatic carbocycles. The van der Waals surface area contributed by atoms with Crippen molar-refractivity contribution in [3.05, 3.63) is 29.8 Å². The lowest BCUT2D eigenvalue weighted by Crippen LogP contribution is -2.48. The van der Waals surface area contributed by atoms with Crippen LogP contribution in [-0.4, -0.2) is 45.5 Å². The summed E-state index contributed by atoms with van der Waals surface area (Å²) in [4.78, 5) is 14.4. The Morgan fingerprint density at radius 1 is 1.33 bits per heavy atom. The molecular weight excluding hydrogens is 288 g/mol. The van der Waals surface area contributed by atoms with Gasteiger partial charge in [0.15, 0.2) is 9.84 Å². The number of nitrogens with one attached hydrogen (secondary N) is 1. The number of hydrogen-bond acceptors (Lipinski definition) is 4. The maximum Gasteiger partial charge on any atom is 0.224 e. The summed E-state index contributed by atoms with van der Waals surface area (Å²) in [6, 6.07) is 8.21. The topological polar surface area (TPSA) is 66.5 Å². The Morgan fingerprint density at radius 2 is 2.10 bits per heavy atom. The van der Waals surface area contributed by atoms with Crippen molar-refractivity contribution in [2.45, 2.75) is 18.9 Å². The predicted octanol–water partition coefficient (Wildman–Crippen LogP) is 0.598. The molecule has 2 aliphatic heterocycles. The summed E-state index contributed by atoms with van der Waals surface area (Å²) in [6.07, 6.45) is 1.25. The second-order valence-corrected chi connectivity index (χ2v) is 8.25. The van der Waals surface area contributed by atoms with Crippen LogP contribution in [0.5, 0.6) is 0 Å². The fourth-order valence-corrected chi connectivity index (χ4v) is 4.97. The van der Waals surface area contributed by atoms with Crippen LogP contribution in [0.4, 0.5) is 5.69 Å². The van der Waals surface area contributed by atoms with Crippen molar-refractivity contribution < 1.29 is 13.2 Å². The van der Waals surface area contributed by atoms with Gasteiger partial charge in [0.2, 0.25) is 5.91 Å². The molecule has 1 amide bonds. The van der Waals surface area contributed by atoms with E-state index in [4.69, 9.17) is 0 Å². The van der Waals surface area contributed by atoms with Crippen LogP contribution in [-0.2, 0) is 21.1 Å². The zero-order chi connectivity index (χ0) is 15.0. The van der Waals surface area contributed by atoms with Crippen LogP contribution in [0.25, 0.3) is 0 Å². The quantitative estimate of drug-likeness (QED) is 0.869. The van der Waals surface area contributed by atoms with Gasteiger partial charge in [-0.25, -0.2) is 8.42 Å². The van der Waals surface area contributed by atoms with Crippen LogP contribution in [0.3, 0.4) is 0 Å². The van der Waals surface area contributed by atoms with Gasteiger partial charge in [-0.2, -0.15) is 0 Å². The maximum absolute atomic E-state index is 12.2. The molecule has 2 atom stereocenters. The van der Waals surface area contributed by atoms with Crippen LogP contribution < -0.4 is 10.2 Å². The first kappa shape index (κ1) is 14.4. The number of sulfone groups is 1. The summed E-state index contributed by atoms with van der Waals surface area (Å²) in [7, 11) is -1.00. The largest absolute Gasteiger partial charge is 0.372 e. The first-order chi connectivity index (χ1) is 9.94. The lowest BCUT2D eigenvalue weighted by molar-refractivity contribution is -0.124. The molecule has 2 aliphatic rings. The summed E-state index contributed by atoms with van der Waals surface area (Å²) in [5.74, 6) is -0.359. The maximum atomic E-state index is 12.2. The molecule has 6 heteroatoms. The highest BCUT2D eigenvalue weighted by Gasteiger charge is 2.34. The zero-order valence-electron chi connectivity index (χ0n) is 12.1. The summed E-state index contributed by atoms with van der Waals surface area (Å²) >= 11 is 0. The smallest absolute Gasteiger partial charge is 0.224 e. The minimum Gasteiger partial charge on any atom is -0.372 e. The number of anilines is 1. The van der Waals surface area contributed by atoms with Crippen LogP contribution in [0.15, 0.2) is 24.3 Å². The number of benzene rings is 1. The van der Waals surface area contributed by atoms with Crippen LogP contribution in [0.1, 0.15) is 12.0 Å². The zero-order valence-corrected chi connectivity index (χ0v) is 12.9. The van der Waals surface area contributed by atoms with Gasteiger partial charge in [-0.05, 0) is 24.5 Å². The molecule has 5 nitrogen and oxygen atoms in total. The van der Waals surface area contributed by atoms with Gasteiger partial charge in [0.1, 0.15) is 0 Å². The normalized spacial score (nSPS) is 27.2. The summed E-state index contributed by atoms with van der Waals surface area (Å²) in [6.45, 7) is 0.752. The highest BCUT2D eigenvalue weighted by Crippen LogP contribution is 2.26. The van der Waals surface area contributed by atoms with Gasteiger partial charge in [-0.3, -0.25) is 4.79 Å². The van der Waals surface area contributed by atoms with Gasteiger partial charge < -0.3 is 10.2 Å². The Balaban J connectivity index is 1.66. The Bertz CT molecular complexity index is 657. The Hall–Kier alpha value is -1.56. The molecule has 0 spiro atoms. The molecule has 3 rings (SSSR count). The number of nitrogens with zero attached hydrogens (tertiary/aromatic N) is 1. The van der Waals surface area contributed by atoms with E-state index in [0.717, 1.165) is 13.0 Å². The number of likely N-dealkylation sites (N-methyl/N-ethyl adjacent to an activating group) is 1. The van der Waals surface area contributed by atoms with Gasteiger partial charge in [0.25, 0.3) is 0 Å². The van der Waals surface area contributed by atoms with Gasteiger partial charge in [0, 0.05) is 19.3 Å². The number of carbonyl (C=O) groups is 1. The van der Waals surface area contributed by atoms with Crippen LogP contribution >= 0.6 is 0 Å². The third kappa shape index (κ3) is 3.05. The highest BCUT2D eigenvalue weighted by molar-refractivity contribution is 7.91. The fraction of sp³-hybridized carbons (Fsp3) is 0.533. The standard InChI is InChI=1S/C15H20N2O3S/c1-17-9-13(8-11-4-2-3-5-14(11)17)16-15(18)12-6-7-21(19,20)10-12/h2-5,12-13H,6-10H2,1H3,(H,16,18)/t12-,13+/m1/s1.